The quantitative estimate of drug-likeness (QED) is 0.911. The maximum Gasteiger partial charge on any atom is 0.254 e. The van der Waals surface area contributed by atoms with Crippen LogP contribution in [0.15, 0.2) is 54.6 Å². The molecule has 1 aliphatic heterocycles. The predicted molar refractivity (Wildman–Crippen MR) is 97.4 cm³/mol. The molecule has 4 nitrogen and oxygen atoms in total. The van der Waals surface area contributed by atoms with Crippen molar-refractivity contribution in [3.8, 4) is 0 Å². The molecule has 0 bridgehead atoms. The van der Waals surface area contributed by atoms with Gasteiger partial charge >= 0.3 is 0 Å². The molecule has 2 aromatic carbocycles. The molecule has 1 fully saturated rings. The minimum absolute atomic E-state index is 0.0225. The number of hydrogen-bond acceptors (Lipinski definition) is 2. The predicted octanol–water partition coefficient (Wildman–Crippen LogP) is 3.67. The van der Waals surface area contributed by atoms with Crippen LogP contribution in [0, 0.1) is 0 Å². The first-order valence-corrected chi connectivity index (χ1v) is 8.97. The lowest BCUT2D eigenvalue weighted by atomic mass is 9.80. The van der Waals surface area contributed by atoms with Gasteiger partial charge in [0.2, 0.25) is 0 Å². The Morgan fingerprint density at radius 2 is 1.56 bits per heavy atom. The average Bonchev–Trinajstić information content (AvgIpc) is 2.74. The van der Waals surface area contributed by atoms with E-state index >= 15 is 0 Å². The van der Waals surface area contributed by atoms with Gasteiger partial charge in [-0.3, -0.25) is 9.59 Å². The smallest absolute Gasteiger partial charge is 0.254 e. The number of hydrogen-bond donors (Lipinski definition) is 1. The third-order valence-corrected chi connectivity index (χ3v) is 5.34. The molecule has 2 aromatic rings. The summed E-state index contributed by atoms with van der Waals surface area (Å²) in [6.45, 7) is 0.480. The van der Waals surface area contributed by atoms with E-state index in [1.165, 1.54) is 0 Å². The van der Waals surface area contributed by atoms with Gasteiger partial charge < -0.3 is 10.2 Å². The minimum Gasteiger partial charge on any atom is -0.338 e. The fraction of sp³-hybridized carbons (Fsp3) is 0.333. The van der Waals surface area contributed by atoms with Crippen molar-refractivity contribution < 1.29 is 9.59 Å². The SMILES string of the molecule is O=C1NC2(CCCCC2)C(=O)N(Cc2ccccc2)c2ccccc21. The second-order valence-electron chi connectivity index (χ2n) is 6.99. The van der Waals surface area contributed by atoms with E-state index in [0.717, 1.165) is 37.7 Å². The Kier molecular flexibility index (Phi) is 4.04. The highest BCUT2D eigenvalue weighted by Gasteiger charge is 2.46. The summed E-state index contributed by atoms with van der Waals surface area (Å²) in [4.78, 5) is 28.2. The Bertz CT molecular complexity index is 795. The van der Waals surface area contributed by atoms with Crippen LogP contribution in [0.1, 0.15) is 48.0 Å². The summed E-state index contributed by atoms with van der Waals surface area (Å²) in [5.74, 6) is -0.115. The van der Waals surface area contributed by atoms with Crippen molar-refractivity contribution in [3.05, 3.63) is 65.7 Å². The Morgan fingerprint density at radius 3 is 2.32 bits per heavy atom. The standard InChI is InChI=1S/C21H22N2O2/c24-19-17-11-5-6-12-18(17)23(15-16-9-3-1-4-10-16)20(25)21(22-19)13-7-2-8-14-21/h1,3-6,9-12H,2,7-8,13-15H2,(H,22,24). The van der Waals surface area contributed by atoms with Crippen LogP contribution in [0.2, 0.25) is 0 Å². The number of rotatable bonds is 2. The van der Waals surface area contributed by atoms with Crippen LogP contribution in [0.5, 0.6) is 0 Å². The molecule has 1 aliphatic carbocycles. The molecule has 0 radical (unpaired) electrons. The van der Waals surface area contributed by atoms with Gasteiger partial charge in [-0.05, 0) is 30.5 Å². The number of amides is 2. The molecule has 4 heteroatoms. The lowest BCUT2D eigenvalue weighted by Crippen LogP contribution is -2.58. The van der Waals surface area contributed by atoms with Gasteiger partial charge in [-0.25, -0.2) is 0 Å². The van der Waals surface area contributed by atoms with Crippen LogP contribution < -0.4 is 10.2 Å². The van der Waals surface area contributed by atoms with Gasteiger partial charge in [0.25, 0.3) is 11.8 Å². The fourth-order valence-corrected chi connectivity index (χ4v) is 4.02. The first kappa shape index (κ1) is 15.9. The number of anilines is 1. The highest BCUT2D eigenvalue weighted by molar-refractivity contribution is 6.12. The molecule has 1 heterocycles. The lowest BCUT2D eigenvalue weighted by molar-refractivity contribution is -0.126. The Morgan fingerprint density at radius 1 is 0.880 bits per heavy atom. The van der Waals surface area contributed by atoms with E-state index in [-0.39, 0.29) is 11.8 Å². The van der Waals surface area contributed by atoms with Crippen LogP contribution in [-0.2, 0) is 11.3 Å². The van der Waals surface area contributed by atoms with E-state index in [0.29, 0.717) is 17.8 Å². The van der Waals surface area contributed by atoms with Crippen LogP contribution >= 0.6 is 0 Å². The van der Waals surface area contributed by atoms with Crippen LogP contribution in [0.3, 0.4) is 0 Å². The van der Waals surface area contributed by atoms with Gasteiger partial charge in [0.1, 0.15) is 5.54 Å². The third kappa shape index (κ3) is 2.82. The normalized spacial score (nSPS) is 19.3. The number of nitrogens with one attached hydrogen (secondary N) is 1. The zero-order valence-corrected chi connectivity index (χ0v) is 14.2. The van der Waals surface area contributed by atoms with E-state index in [4.69, 9.17) is 0 Å². The summed E-state index contributed by atoms with van der Waals surface area (Å²) in [7, 11) is 0. The number of benzene rings is 2. The Balaban J connectivity index is 1.80. The van der Waals surface area contributed by atoms with Crippen molar-refractivity contribution >= 4 is 17.5 Å². The van der Waals surface area contributed by atoms with E-state index in [9.17, 15) is 9.59 Å². The highest BCUT2D eigenvalue weighted by Crippen LogP contribution is 2.36. The topological polar surface area (TPSA) is 49.4 Å². The molecule has 1 N–H and O–H groups in total. The molecule has 128 valence electrons. The van der Waals surface area contributed by atoms with Crippen LogP contribution in [-0.4, -0.2) is 17.4 Å². The van der Waals surface area contributed by atoms with Crippen LogP contribution in [0.4, 0.5) is 5.69 Å². The van der Waals surface area contributed by atoms with Crippen molar-refractivity contribution in [1.29, 1.82) is 0 Å². The molecule has 0 saturated heterocycles. The van der Waals surface area contributed by atoms with E-state index in [1.54, 1.807) is 11.0 Å². The van der Waals surface area contributed by atoms with Crippen molar-refractivity contribution in [2.24, 2.45) is 0 Å². The van der Waals surface area contributed by atoms with E-state index in [1.807, 2.05) is 48.5 Å². The van der Waals surface area contributed by atoms with Gasteiger partial charge in [0.15, 0.2) is 0 Å². The number of nitrogens with zero attached hydrogens (tertiary/aromatic N) is 1. The second-order valence-corrected chi connectivity index (χ2v) is 6.99. The maximum absolute atomic E-state index is 13.5. The highest BCUT2D eigenvalue weighted by atomic mass is 16.2. The van der Waals surface area contributed by atoms with Crippen molar-refractivity contribution in [3.63, 3.8) is 0 Å². The molecule has 2 aliphatic rings. The molecule has 0 unspecified atom stereocenters. The van der Waals surface area contributed by atoms with Gasteiger partial charge in [0.05, 0.1) is 17.8 Å². The molecule has 2 amide bonds. The first-order chi connectivity index (χ1) is 12.2. The number of fused-ring (bicyclic) bond motifs is 1. The van der Waals surface area contributed by atoms with Gasteiger partial charge in [-0.15, -0.1) is 0 Å². The molecule has 1 saturated carbocycles. The first-order valence-electron chi connectivity index (χ1n) is 8.97. The largest absolute Gasteiger partial charge is 0.338 e. The third-order valence-electron chi connectivity index (χ3n) is 5.34. The van der Waals surface area contributed by atoms with Gasteiger partial charge in [-0.2, -0.15) is 0 Å². The number of carbonyl (C=O) groups is 2. The minimum atomic E-state index is -0.761. The Hall–Kier alpha value is -2.62. The van der Waals surface area contributed by atoms with Crippen molar-refractivity contribution in [2.75, 3.05) is 4.90 Å². The summed E-state index contributed by atoms with van der Waals surface area (Å²) < 4.78 is 0. The zero-order valence-electron chi connectivity index (χ0n) is 14.2. The van der Waals surface area contributed by atoms with Gasteiger partial charge in [-0.1, -0.05) is 61.7 Å². The summed E-state index contributed by atoms with van der Waals surface area (Å²) in [5, 5.41) is 3.09. The second kappa shape index (κ2) is 6.36. The summed E-state index contributed by atoms with van der Waals surface area (Å²) in [6, 6.07) is 17.4. The molecular weight excluding hydrogens is 312 g/mol. The molecule has 25 heavy (non-hydrogen) atoms. The van der Waals surface area contributed by atoms with Crippen LogP contribution in [0.25, 0.3) is 0 Å². The summed E-state index contributed by atoms with van der Waals surface area (Å²) in [5.41, 5.74) is 1.58. The summed E-state index contributed by atoms with van der Waals surface area (Å²) >= 11 is 0. The molecule has 4 rings (SSSR count). The molecule has 1 spiro atoms. The van der Waals surface area contributed by atoms with E-state index < -0.39 is 5.54 Å². The fourth-order valence-electron chi connectivity index (χ4n) is 4.02. The van der Waals surface area contributed by atoms with E-state index in [2.05, 4.69) is 5.32 Å². The molecular formula is C21H22N2O2. The van der Waals surface area contributed by atoms with Crippen molar-refractivity contribution in [1.82, 2.24) is 5.32 Å². The average molecular weight is 334 g/mol. The number of carbonyl (C=O) groups excluding carboxylic acids is 2. The van der Waals surface area contributed by atoms with Gasteiger partial charge in [0, 0.05) is 0 Å². The Labute approximate surface area is 147 Å². The number of para-hydroxylation sites is 1. The zero-order chi connectivity index (χ0) is 17.3. The van der Waals surface area contributed by atoms with Crippen molar-refractivity contribution in [2.45, 2.75) is 44.2 Å². The lowest BCUT2D eigenvalue weighted by Gasteiger charge is -2.38. The molecule has 0 aromatic heterocycles. The summed E-state index contributed by atoms with van der Waals surface area (Å²) in [6.07, 6.45) is 4.51. The maximum atomic E-state index is 13.5. The molecule has 0 atom stereocenters. The monoisotopic (exact) mass is 334 g/mol.